The van der Waals surface area contributed by atoms with Crippen molar-refractivity contribution in [3.05, 3.63) is 34.4 Å². The zero-order chi connectivity index (χ0) is 14.0. The molecule has 0 spiro atoms. The number of nitro groups is 1. The summed E-state index contributed by atoms with van der Waals surface area (Å²) in [7, 11) is -3.63. The van der Waals surface area contributed by atoms with Crippen molar-refractivity contribution in [3.63, 3.8) is 0 Å². The molecule has 0 aliphatic carbocycles. The first kappa shape index (κ1) is 13.9. The number of nitrogens with zero attached hydrogens (tertiary/aromatic N) is 1. The molecule has 7 nitrogen and oxygen atoms in total. The standard InChI is InChI=1S/C11H15N3O4S/c1-8-11(6-7-12-8)13-19(17,18)10-4-2-9(3-5-10)14(15)16/h2-5,8,11-13H,6-7H2,1H3/t8-,11+/m0/s1. The molecule has 0 unspecified atom stereocenters. The summed E-state index contributed by atoms with van der Waals surface area (Å²) in [4.78, 5) is 9.99. The summed E-state index contributed by atoms with van der Waals surface area (Å²) in [6.45, 7) is 2.69. The van der Waals surface area contributed by atoms with Crippen LogP contribution in [0.2, 0.25) is 0 Å². The van der Waals surface area contributed by atoms with Gasteiger partial charge in [-0.1, -0.05) is 0 Å². The summed E-state index contributed by atoms with van der Waals surface area (Å²) < 4.78 is 26.8. The second-order valence-corrected chi connectivity index (χ2v) is 6.22. The lowest BCUT2D eigenvalue weighted by Gasteiger charge is -2.16. The van der Waals surface area contributed by atoms with Gasteiger partial charge in [0.2, 0.25) is 10.0 Å². The Morgan fingerprint density at radius 2 is 2.00 bits per heavy atom. The van der Waals surface area contributed by atoms with E-state index in [0.29, 0.717) is 0 Å². The fourth-order valence-corrected chi connectivity index (χ4v) is 3.39. The Morgan fingerprint density at radius 3 is 2.47 bits per heavy atom. The minimum absolute atomic E-state index is 0.0391. The molecule has 0 saturated carbocycles. The van der Waals surface area contributed by atoms with E-state index in [1.807, 2.05) is 6.92 Å². The van der Waals surface area contributed by atoms with Gasteiger partial charge < -0.3 is 5.32 Å². The van der Waals surface area contributed by atoms with Gasteiger partial charge in [-0.3, -0.25) is 10.1 Å². The number of nitro benzene ring substituents is 1. The van der Waals surface area contributed by atoms with Crippen molar-refractivity contribution in [1.82, 2.24) is 10.0 Å². The first-order chi connectivity index (χ1) is 8.90. The van der Waals surface area contributed by atoms with Gasteiger partial charge in [0.15, 0.2) is 0 Å². The molecule has 19 heavy (non-hydrogen) atoms. The van der Waals surface area contributed by atoms with Crippen LogP contribution in [-0.4, -0.2) is 32.0 Å². The number of rotatable bonds is 4. The highest BCUT2D eigenvalue weighted by atomic mass is 32.2. The molecule has 2 atom stereocenters. The molecule has 0 aromatic heterocycles. The smallest absolute Gasteiger partial charge is 0.269 e. The van der Waals surface area contributed by atoms with E-state index in [2.05, 4.69) is 10.0 Å². The summed E-state index contributed by atoms with van der Waals surface area (Å²) in [5, 5.41) is 13.7. The first-order valence-electron chi connectivity index (χ1n) is 5.90. The van der Waals surface area contributed by atoms with Crippen molar-refractivity contribution in [2.24, 2.45) is 0 Å². The van der Waals surface area contributed by atoms with Crippen LogP contribution in [0.15, 0.2) is 29.2 Å². The molecule has 0 bridgehead atoms. The van der Waals surface area contributed by atoms with E-state index in [-0.39, 0.29) is 22.7 Å². The second kappa shape index (κ2) is 5.24. The zero-order valence-corrected chi connectivity index (χ0v) is 11.2. The maximum Gasteiger partial charge on any atom is 0.269 e. The van der Waals surface area contributed by atoms with E-state index >= 15 is 0 Å². The zero-order valence-electron chi connectivity index (χ0n) is 10.4. The molecule has 2 N–H and O–H groups in total. The molecule has 1 fully saturated rings. The Morgan fingerprint density at radius 1 is 1.37 bits per heavy atom. The van der Waals surface area contributed by atoms with Crippen molar-refractivity contribution in [3.8, 4) is 0 Å². The van der Waals surface area contributed by atoms with Crippen LogP contribution in [-0.2, 0) is 10.0 Å². The number of non-ortho nitro benzene ring substituents is 1. The van der Waals surface area contributed by atoms with Crippen LogP contribution < -0.4 is 10.0 Å². The van der Waals surface area contributed by atoms with Crippen LogP contribution in [0.25, 0.3) is 0 Å². The van der Waals surface area contributed by atoms with E-state index in [1.165, 1.54) is 24.3 Å². The molecule has 0 radical (unpaired) electrons. The Labute approximate surface area is 111 Å². The van der Waals surface area contributed by atoms with Gasteiger partial charge in [-0.2, -0.15) is 0 Å². The van der Waals surface area contributed by atoms with Crippen molar-refractivity contribution >= 4 is 15.7 Å². The van der Waals surface area contributed by atoms with Crippen molar-refractivity contribution in [2.45, 2.75) is 30.3 Å². The van der Waals surface area contributed by atoms with Gasteiger partial charge in [0.25, 0.3) is 5.69 Å². The second-order valence-electron chi connectivity index (χ2n) is 4.51. The molecule has 1 aliphatic rings. The summed E-state index contributed by atoms with van der Waals surface area (Å²) >= 11 is 0. The third-order valence-electron chi connectivity index (χ3n) is 3.19. The molecule has 1 heterocycles. The fraction of sp³-hybridized carbons (Fsp3) is 0.455. The van der Waals surface area contributed by atoms with Crippen LogP contribution in [0.5, 0.6) is 0 Å². The molecule has 1 aromatic carbocycles. The minimum Gasteiger partial charge on any atom is -0.313 e. The van der Waals surface area contributed by atoms with E-state index < -0.39 is 14.9 Å². The van der Waals surface area contributed by atoms with Gasteiger partial charge in [-0.05, 0) is 32.0 Å². The third-order valence-corrected chi connectivity index (χ3v) is 4.70. The lowest BCUT2D eigenvalue weighted by molar-refractivity contribution is -0.384. The van der Waals surface area contributed by atoms with Crippen molar-refractivity contribution in [2.75, 3.05) is 6.54 Å². The maximum atomic E-state index is 12.1. The number of benzene rings is 1. The predicted octanol–water partition coefficient (Wildman–Crippen LogP) is 0.623. The van der Waals surface area contributed by atoms with Crippen LogP contribution in [0.3, 0.4) is 0 Å². The van der Waals surface area contributed by atoms with Gasteiger partial charge in [-0.25, -0.2) is 13.1 Å². The van der Waals surface area contributed by atoms with Crippen LogP contribution >= 0.6 is 0 Å². The lowest BCUT2D eigenvalue weighted by atomic mass is 10.2. The van der Waals surface area contributed by atoms with Gasteiger partial charge in [0.05, 0.1) is 9.82 Å². The molecule has 1 saturated heterocycles. The Balaban J connectivity index is 2.17. The number of hydrogen-bond acceptors (Lipinski definition) is 5. The number of sulfonamides is 1. The summed E-state index contributed by atoms with van der Waals surface area (Å²) in [6, 6.07) is 4.78. The average molecular weight is 285 g/mol. The molecule has 8 heteroatoms. The average Bonchev–Trinajstić information content (AvgIpc) is 2.74. The maximum absolute atomic E-state index is 12.1. The Bertz CT molecular complexity index is 570. The molecular formula is C11H15N3O4S. The molecular weight excluding hydrogens is 270 g/mol. The highest BCUT2D eigenvalue weighted by molar-refractivity contribution is 7.89. The summed E-state index contributed by atoms with van der Waals surface area (Å²) in [5.41, 5.74) is -0.130. The fourth-order valence-electron chi connectivity index (χ4n) is 2.03. The summed E-state index contributed by atoms with van der Waals surface area (Å²) in [5.74, 6) is 0. The van der Waals surface area contributed by atoms with Crippen molar-refractivity contribution in [1.29, 1.82) is 0 Å². The van der Waals surface area contributed by atoms with Crippen LogP contribution in [0, 0.1) is 10.1 Å². The first-order valence-corrected chi connectivity index (χ1v) is 7.38. The molecule has 104 valence electrons. The van der Waals surface area contributed by atoms with Gasteiger partial charge in [-0.15, -0.1) is 0 Å². The number of nitrogens with one attached hydrogen (secondary N) is 2. The summed E-state index contributed by atoms with van der Waals surface area (Å²) in [6.07, 6.45) is 0.730. The Kier molecular flexibility index (Phi) is 3.83. The lowest BCUT2D eigenvalue weighted by Crippen LogP contribution is -2.41. The normalized spacial score (nSPS) is 23.4. The van der Waals surface area contributed by atoms with Gasteiger partial charge in [0.1, 0.15) is 0 Å². The van der Waals surface area contributed by atoms with Crippen LogP contribution in [0.4, 0.5) is 5.69 Å². The monoisotopic (exact) mass is 285 g/mol. The minimum atomic E-state index is -3.63. The SMILES string of the molecule is C[C@@H]1NCC[C@H]1NS(=O)(=O)c1ccc([N+](=O)[O-])cc1. The topological polar surface area (TPSA) is 101 Å². The molecule has 1 aromatic rings. The van der Waals surface area contributed by atoms with Gasteiger partial charge in [0, 0.05) is 24.2 Å². The van der Waals surface area contributed by atoms with E-state index in [0.717, 1.165) is 13.0 Å². The van der Waals surface area contributed by atoms with E-state index in [4.69, 9.17) is 0 Å². The molecule has 1 aliphatic heterocycles. The van der Waals surface area contributed by atoms with Crippen LogP contribution in [0.1, 0.15) is 13.3 Å². The quantitative estimate of drug-likeness (QED) is 0.624. The number of hydrogen-bond donors (Lipinski definition) is 2. The van der Waals surface area contributed by atoms with E-state index in [9.17, 15) is 18.5 Å². The van der Waals surface area contributed by atoms with Crippen molar-refractivity contribution < 1.29 is 13.3 Å². The third kappa shape index (κ3) is 3.09. The Hall–Kier alpha value is -1.51. The molecule has 2 rings (SSSR count). The highest BCUT2D eigenvalue weighted by Gasteiger charge is 2.28. The van der Waals surface area contributed by atoms with Gasteiger partial charge >= 0.3 is 0 Å². The molecule has 0 amide bonds. The predicted molar refractivity (Wildman–Crippen MR) is 69.3 cm³/mol. The largest absolute Gasteiger partial charge is 0.313 e. The highest BCUT2D eigenvalue weighted by Crippen LogP contribution is 2.17. The van der Waals surface area contributed by atoms with E-state index in [1.54, 1.807) is 0 Å².